The third-order valence-electron chi connectivity index (χ3n) is 2.83. The van der Waals surface area contributed by atoms with E-state index in [4.69, 9.17) is 5.11 Å². The fourth-order valence-corrected chi connectivity index (χ4v) is 3.78. The van der Waals surface area contributed by atoms with Gasteiger partial charge in [-0.05, 0) is 26.7 Å². The number of hydrogen-bond acceptors (Lipinski definition) is 3. The predicted molar refractivity (Wildman–Crippen MR) is 60.6 cm³/mol. The highest BCUT2D eigenvalue weighted by Crippen LogP contribution is 2.22. The van der Waals surface area contributed by atoms with Gasteiger partial charge in [0, 0.05) is 13.1 Å². The van der Waals surface area contributed by atoms with Crippen molar-refractivity contribution in [2.24, 2.45) is 5.41 Å². The molecule has 16 heavy (non-hydrogen) atoms. The Balaban J connectivity index is 2.74. The van der Waals surface area contributed by atoms with Crippen LogP contribution in [0.2, 0.25) is 0 Å². The van der Waals surface area contributed by atoms with E-state index >= 15 is 0 Å². The summed E-state index contributed by atoms with van der Waals surface area (Å²) in [5.74, 6) is -1.40. The second kappa shape index (κ2) is 4.71. The summed E-state index contributed by atoms with van der Waals surface area (Å²) in [5.41, 5.74) is -1.23. The van der Waals surface area contributed by atoms with Gasteiger partial charge in [0.05, 0.1) is 11.2 Å². The average Bonchev–Trinajstić information content (AvgIpc) is 2.17. The van der Waals surface area contributed by atoms with Crippen LogP contribution in [0.4, 0.5) is 0 Å². The first-order chi connectivity index (χ1) is 7.26. The van der Waals surface area contributed by atoms with Gasteiger partial charge in [-0.1, -0.05) is 6.42 Å². The van der Waals surface area contributed by atoms with E-state index in [0.29, 0.717) is 13.1 Å². The van der Waals surface area contributed by atoms with E-state index in [1.54, 1.807) is 0 Å². The first-order valence-corrected chi connectivity index (χ1v) is 7.08. The van der Waals surface area contributed by atoms with E-state index in [-0.39, 0.29) is 5.75 Å². The topological polar surface area (TPSA) is 74.7 Å². The average molecular weight is 249 g/mol. The number of nitrogens with zero attached hydrogens (tertiary/aromatic N) is 1. The molecular weight excluding hydrogens is 230 g/mol. The summed E-state index contributed by atoms with van der Waals surface area (Å²) in [6.07, 6.45) is 2.79. The fourth-order valence-electron chi connectivity index (χ4n) is 1.75. The minimum absolute atomic E-state index is 0.324. The van der Waals surface area contributed by atoms with Gasteiger partial charge < -0.3 is 5.11 Å². The lowest BCUT2D eigenvalue weighted by Crippen LogP contribution is -2.43. The molecule has 0 aromatic carbocycles. The molecule has 1 rings (SSSR count). The summed E-state index contributed by atoms with van der Waals surface area (Å²) in [4.78, 5) is 10.9. The minimum atomic E-state index is -3.43. The molecule has 1 aliphatic heterocycles. The molecule has 0 saturated carbocycles. The Morgan fingerprint density at radius 2 is 1.75 bits per heavy atom. The standard InChI is InChI=1S/C10H19NO4S/c1-10(2,9(12)13)8-16(14,15)11-6-4-3-5-7-11/h3-8H2,1-2H3,(H,12,13). The molecule has 0 amide bonds. The number of sulfonamides is 1. The van der Waals surface area contributed by atoms with E-state index in [9.17, 15) is 13.2 Å². The van der Waals surface area contributed by atoms with Gasteiger partial charge >= 0.3 is 5.97 Å². The van der Waals surface area contributed by atoms with Crippen molar-refractivity contribution in [2.75, 3.05) is 18.8 Å². The summed E-state index contributed by atoms with van der Waals surface area (Å²) >= 11 is 0. The predicted octanol–water partition coefficient (Wildman–Crippen LogP) is 0.913. The van der Waals surface area contributed by atoms with Gasteiger partial charge in [-0.2, -0.15) is 0 Å². The highest BCUT2D eigenvalue weighted by molar-refractivity contribution is 7.89. The summed E-state index contributed by atoms with van der Waals surface area (Å²) in [5, 5.41) is 8.92. The van der Waals surface area contributed by atoms with Crippen LogP contribution in [0.15, 0.2) is 0 Å². The van der Waals surface area contributed by atoms with Crippen LogP contribution in [0.1, 0.15) is 33.1 Å². The Morgan fingerprint density at radius 3 is 2.19 bits per heavy atom. The lowest BCUT2D eigenvalue weighted by molar-refractivity contribution is -0.145. The number of rotatable bonds is 4. The highest BCUT2D eigenvalue weighted by atomic mass is 32.2. The molecule has 0 unspecified atom stereocenters. The molecule has 6 heteroatoms. The maximum absolute atomic E-state index is 12.0. The minimum Gasteiger partial charge on any atom is -0.481 e. The maximum Gasteiger partial charge on any atom is 0.310 e. The zero-order valence-corrected chi connectivity index (χ0v) is 10.6. The van der Waals surface area contributed by atoms with Gasteiger partial charge in [0.1, 0.15) is 0 Å². The quantitative estimate of drug-likeness (QED) is 0.803. The third-order valence-corrected chi connectivity index (χ3v) is 5.07. The molecule has 0 aliphatic carbocycles. The van der Waals surface area contributed by atoms with Crippen LogP contribution in [-0.4, -0.2) is 42.6 Å². The lowest BCUT2D eigenvalue weighted by atomic mass is 9.97. The van der Waals surface area contributed by atoms with Gasteiger partial charge in [0.2, 0.25) is 10.0 Å². The monoisotopic (exact) mass is 249 g/mol. The maximum atomic E-state index is 12.0. The van der Waals surface area contributed by atoms with Gasteiger partial charge in [0.15, 0.2) is 0 Å². The molecule has 94 valence electrons. The van der Waals surface area contributed by atoms with Crippen molar-refractivity contribution in [1.82, 2.24) is 4.31 Å². The van der Waals surface area contributed by atoms with Crippen LogP contribution in [0.3, 0.4) is 0 Å². The Labute approximate surface area is 96.5 Å². The zero-order chi connectivity index (χ0) is 12.4. The van der Waals surface area contributed by atoms with Crippen molar-refractivity contribution in [1.29, 1.82) is 0 Å². The van der Waals surface area contributed by atoms with Crippen molar-refractivity contribution in [3.63, 3.8) is 0 Å². The molecule has 1 aliphatic rings. The van der Waals surface area contributed by atoms with Crippen LogP contribution in [0.5, 0.6) is 0 Å². The second-order valence-corrected chi connectivity index (χ2v) is 6.87. The Kier molecular flexibility index (Phi) is 3.96. The summed E-state index contributed by atoms with van der Waals surface area (Å²) < 4.78 is 25.4. The smallest absolute Gasteiger partial charge is 0.310 e. The second-order valence-electron chi connectivity index (χ2n) is 4.90. The first-order valence-electron chi connectivity index (χ1n) is 5.47. The number of piperidine rings is 1. The fraction of sp³-hybridized carbons (Fsp3) is 0.900. The van der Waals surface area contributed by atoms with Crippen molar-refractivity contribution in [3.8, 4) is 0 Å². The Morgan fingerprint density at radius 1 is 1.25 bits per heavy atom. The van der Waals surface area contributed by atoms with E-state index in [0.717, 1.165) is 19.3 Å². The summed E-state index contributed by atoms with van der Waals surface area (Å²) in [7, 11) is -3.43. The van der Waals surface area contributed by atoms with Crippen molar-refractivity contribution in [2.45, 2.75) is 33.1 Å². The van der Waals surface area contributed by atoms with E-state index in [1.807, 2.05) is 0 Å². The van der Waals surface area contributed by atoms with E-state index in [2.05, 4.69) is 0 Å². The third kappa shape index (κ3) is 3.18. The molecule has 5 nitrogen and oxygen atoms in total. The van der Waals surface area contributed by atoms with Gasteiger partial charge in [0.25, 0.3) is 0 Å². The van der Waals surface area contributed by atoms with Gasteiger partial charge in [-0.25, -0.2) is 12.7 Å². The molecule has 0 bridgehead atoms. The summed E-state index contributed by atoms with van der Waals surface area (Å²) in [6.45, 7) is 3.93. The zero-order valence-electron chi connectivity index (χ0n) is 9.77. The molecule has 1 fully saturated rings. The lowest BCUT2D eigenvalue weighted by Gasteiger charge is -2.29. The molecule has 1 N–H and O–H groups in total. The molecule has 0 aromatic rings. The number of carboxylic acid groups (broad SMARTS) is 1. The molecule has 1 heterocycles. The molecule has 0 spiro atoms. The van der Waals surface area contributed by atoms with Gasteiger partial charge in [-0.3, -0.25) is 4.79 Å². The van der Waals surface area contributed by atoms with Crippen molar-refractivity contribution >= 4 is 16.0 Å². The Hall–Kier alpha value is -0.620. The highest BCUT2D eigenvalue weighted by Gasteiger charge is 2.36. The van der Waals surface area contributed by atoms with Crippen molar-refractivity contribution in [3.05, 3.63) is 0 Å². The van der Waals surface area contributed by atoms with Crippen molar-refractivity contribution < 1.29 is 18.3 Å². The number of carboxylic acids is 1. The number of hydrogen-bond donors (Lipinski definition) is 1. The molecule has 0 aromatic heterocycles. The van der Waals surface area contributed by atoms with Crippen LogP contribution in [-0.2, 0) is 14.8 Å². The van der Waals surface area contributed by atoms with E-state index in [1.165, 1.54) is 18.2 Å². The molecule has 0 atom stereocenters. The van der Waals surface area contributed by atoms with E-state index < -0.39 is 21.4 Å². The summed E-state index contributed by atoms with van der Waals surface area (Å²) in [6, 6.07) is 0. The van der Waals surface area contributed by atoms with Crippen LogP contribution in [0.25, 0.3) is 0 Å². The molecule has 0 radical (unpaired) electrons. The SMILES string of the molecule is CC(C)(CS(=O)(=O)N1CCCCC1)C(=O)O. The van der Waals surface area contributed by atoms with Crippen LogP contribution in [0, 0.1) is 5.41 Å². The largest absolute Gasteiger partial charge is 0.481 e. The molecule has 1 saturated heterocycles. The number of aliphatic carboxylic acids is 1. The van der Waals surface area contributed by atoms with Crippen LogP contribution >= 0.6 is 0 Å². The first kappa shape index (κ1) is 13.4. The number of carbonyl (C=O) groups is 1. The molecular formula is C10H19NO4S. The Bertz CT molecular complexity index is 355. The normalized spacial score (nSPS) is 19.6. The van der Waals surface area contributed by atoms with Gasteiger partial charge in [-0.15, -0.1) is 0 Å². The van der Waals surface area contributed by atoms with Crippen LogP contribution < -0.4 is 0 Å².